The van der Waals surface area contributed by atoms with Crippen molar-refractivity contribution in [2.24, 2.45) is 5.92 Å². The van der Waals surface area contributed by atoms with E-state index in [1.54, 1.807) is 16.2 Å². The van der Waals surface area contributed by atoms with Gasteiger partial charge in [0.05, 0.1) is 0 Å². The Morgan fingerprint density at radius 3 is 2.66 bits per heavy atom. The molecule has 1 aromatic carbocycles. The molecule has 2 N–H and O–H groups in total. The van der Waals surface area contributed by atoms with E-state index in [1.165, 1.54) is 0 Å². The number of likely N-dealkylation sites (N-methyl/N-ethyl adjacent to an activating group) is 1. The first-order valence-electron chi connectivity index (χ1n) is 14.1. The number of amides is 3. The number of hydrogen-bond donors (Lipinski definition) is 2. The van der Waals surface area contributed by atoms with Gasteiger partial charge in [-0.2, -0.15) is 0 Å². The fraction of sp³-hybridized carbons (Fsp3) is 0.621. The zero-order chi connectivity index (χ0) is 26.7. The summed E-state index contributed by atoms with van der Waals surface area (Å²) in [7, 11) is 1.81. The Kier molecular flexibility index (Phi) is 11.0. The lowest BCUT2D eigenvalue weighted by molar-refractivity contribution is -0.200. The number of hydroxylamine groups is 1. The Bertz CT molecular complexity index is 1070. The second kappa shape index (κ2) is 14.6. The summed E-state index contributed by atoms with van der Waals surface area (Å²) in [6.07, 6.45) is 9.43. The molecular weight excluding hydrogens is 502 g/mol. The smallest absolute Gasteiger partial charge is 0.245 e. The second-order valence-electron chi connectivity index (χ2n) is 10.5. The number of carbonyl (C=O) groups is 3. The molecule has 4 rings (SSSR count). The predicted octanol–water partition coefficient (Wildman–Crippen LogP) is 4.71. The van der Waals surface area contributed by atoms with Crippen molar-refractivity contribution in [3.05, 3.63) is 35.2 Å². The number of carbonyl (C=O) groups excluding carboxylic acids is 3. The molecule has 2 aliphatic rings. The van der Waals surface area contributed by atoms with Crippen LogP contribution in [0.25, 0.3) is 10.1 Å². The van der Waals surface area contributed by atoms with Gasteiger partial charge in [0.25, 0.3) is 0 Å². The van der Waals surface area contributed by atoms with Gasteiger partial charge in [0.1, 0.15) is 6.04 Å². The van der Waals surface area contributed by atoms with Crippen LogP contribution in [0.3, 0.4) is 0 Å². The maximum atomic E-state index is 13.6. The monoisotopic (exact) mass is 543 g/mol. The third kappa shape index (κ3) is 8.25. The average Bonchev–Trinajstić information content (AvgIpc) is 3.34. The minimum Gasteiger partial charge on any atom is -0.350 e. The second-order valence-corrected chi connectivity index (χ2v) is 11.4. The number of fused-ring (bicyclic) bond motifs is 1. The van der Waals surface area contributed by atoms with Crippen molar-refractivity contribution in [1.82, 2.24) is 15.7 Å². The Morgan fingerprint density at radius 2 is 1.84 bits per heavy atom. The molecule has 0 bridgehead atoms. The molecule has 2 saturated heterocycles. The number of thiophene rings is 1. The molecule has 9 heteroatoms. The summed E-state index contributed by atoms with van der Waals surface area (Å²) in [6.45, 7) is 1.29. The molecule has 2 aliphatic heterocycles. The fourth-order valence-corrected chi connectivity index (χ4v) is 6.23. The molecule has 1 aromatic heterocycles. The van der Waals surface area contributed by atoms with Crippen molar-refractivity contribution in [2.75, 3.05) is 20.2 Å². The van der Waals surface area contributed by atoms with Crippen LogP contribution in [0.15, 0.2) is 29.6 Å². The van der Waals surface area contributed by atoms with Crippen LogP contribution in [0.5, 0.6) is 0 Å². The molecule has 0 spiro atoms. The minimum absolute atomic E-state index is 0.0106. The van der Waals surface area contributed by atoms with E-state index in [2.05, 4.69) is 28.3 Å². The van der Waals surface area contributed by atoms with Crippen LogP contribution in [0, 0.1) is 5.92 Å². The first-order chi connectivity index (χ1) is 18.5. The summed E-state index contributed by atoms with van der Waals surface area (Å²) in [5.41, 5.74) is 3.54. The highest BCUT2D eigenvalue weighted by molar-refractivity contribution is 7.17. The van der Waals surface area contributed by atoms with E-state index in [0.29, 0.717) is 26.0 Å². The van der Waals surface area contributed by atoms with Crippen molar-refractivity contribution in [1.29, 1.82) is 0 Å². The average molecular weight is 544 g/mol. The Balaban J connectivity index is 1.46. The van der Waals surface area contributed by atoms with Gasteiger partial charge < -0.3 is 15.0 Å². The van der Waals surface area contributed by atoms with E-state index in [0.717, 1.165) is 73.4 Å². The lowest BCUT2D eigenvalue weighted by atomic mass is 9.94. The lowest BCUT2D eigenvalue weighted by Crippen LogP contribution is -2.50. The van der Waals surface area contributed by atoms with E-state index in [-0.39, 0.29) is 24.1 Å². The Labute approximate surface area is 229 Å². The number of hydrogen-bond acceptors (Lipinski definition) is 6. The molecule has 208 valence electrons. The van der Waals surface area contributed by atoms with Crippen LogP contribution in [0.1, 0.15) is 76.2 Å². The van der Waals surface area contributed by atoms with Gasteiger partial charge in [0.2, 0.25) is 17.7 Å². The third-order valence-electron chi connectivity index (χ3n) is 7.52. The van der Waals surface area contributed by atoms with Gasteiger partial charge >= 0.3 is 0 Å². The summed E-state index contributed by atoms with van der Waals surface area (Å²) < 4.78 is 6.67. The third-order valence-corrected chi connectivity index (χ3v) is 8.53. The Morgan fingerprint density at radius 1 is 1.08 bits per heavy atom. The molecule has 1 unspecified atom stereocenters. The quantitative estimate of drug-likeness (QED) is 0.515. The van der Waals surface area contributed by atoms with Crippen LogP contribution in [-0.2, 0) is 30.4 Å². The summed E-state index contributed by atoms with van der Waals surface area (Å²) in [5, 5.41) is 6.23. The molecule has 2 aromatic rings. The van der Waals surface area contributed by atoms with E-state index in [1.807, 2.05) is 19.2 Å². The maximum absolute atomic E-state index is 13.6. The molecule has 3 atom stereocenters. The van der Waals surface area contributed by atoms with Crippen molar-refractivity contribution in [3.63, 3.8) is 0 Å². The van der Waals surface area contributed by atoms with E-state index < -0.39 is 18.2 Å². The molecule has 3 heterocycles. The summed E-state index contributed by atoms with van der Waals surface area (Å²) in [5.74, 6) is -1.22. The van der Waals surface area contributed by atoms with Gasteiger partial charge in [0.15, 0.2) is 6.29 Å². The van der Waals surface area contributed by atoms with Crippen LogP contribution < -0.4 is 10.8 Å². The van der Waals surface area contributed by atoms with Gasteiger partial charge in [0, 0.05) is 50.1 Å². The van der Waals surface area contributed by atoms with Gasteiger partial charge in [-0.05, 0) is 48.1 Å². The minimum atomic E-state index is -0.689. The number of rotatable bonds is 6. The van der Waals surface area contributed by atoms with Crippen molar-refractivity contribution in [3.8, 4) is 0 Å². The molecule has 0 aliphatic carbocycles. The highest BCUT2D eigenvalue weighted by Crippen LogP contribution is 2.27. The largest absolute Gasteiger partial charge is 0.350 e. The van der Waals surface area contributed by atoms with Crippen LogP contribution in [0.2, 0.25) is 0 Å². The van der Waals surface area contributed by atoms with Gasteiger partial charge in [-0.25, -0.2) is 10.3 Å². The normalized spacial score (nSPS) is 24.6. The van der Waals surface area contributed by atoms with Crippen LogP contribution >= 0.6 is 11.3 Å². The van der Waals surface area contributed by atoms with E-state index >= 15 is 0 Å². The van der Waals surface area contributed by atoms with Gasteiger partial charge in [-0.3, -0.25) is 14.4 Å². The highest BCUT2D eigenvalue weighted by atomic mass is 32.1. The van der Waals surface area contributed by atoms with Crippen LogP contribution in [0.4, 0.5) is 0 Å². The lowest BCUT2D eigenvalue weighted by Gasteiger charge is -2.27. The first kappa shape index (κ1) is 28.5. The molecule has 38 heavy (non-hydrogen) atoms. The Hall–Kier alpha value is -2.49. The highest BCUT2D eigenvalue weighted by Gasteiger charge is 2.30. The van der Waals surface area contributed by atoms with E-state index in [9.17, 15) is 14.4 Å². The number of nitrogens with zero attached hydrogens (tertiary/aromatic N) is 1. The van der Waals surface area contributed by atoms with Crippen LogP contribution in [-0.4, -0.2) is 55.2 Å². The predicted molar refractivity (Wildman–Crippen MR) is 148 cm³/mol. The zero-order valence-corrected chi connectivity index (χ0v) is 23.2. The maximum Gasteiger partial charge on any atom is 0.245 e. The molecule has 0 radical (unpaired) electrons. The van der Waals surface area contributed by atoms with Crippen molar-refractivity contribution in [2.45, 2.75) is 89.4 Å². The molecular formula is C29H41N3O5S. The fourth-order valence-electron chi connectivity index (χ4n) is 5.25. The van der Waals surface area contributed by atoms with Crippen molar-refractivity contribution >= 4 is 39.1 Å². The van der Waals surface area contributed by atoms with Gasteiger partial charge in [-0.15, -0.1) is 11.3 Å². The first-order valence-corrected chi connectivity index (χ1v) is 15.0. The summed E-state index contributed by atoms with van der Waals surface area (Å²) in [4.78, 5) is 47.0. The topological polar surface area (TPSA) is 97.0 Å². The molecule has 2 fully saturated rings. The number of nitrogens with one attached hydrogen (secondary N) is 2. The number of benzene rings is 1. The van der Waals surface area contributed by atoms with Gasteiger partial charge in [-0.1, -0.05) is 50.3 Å². The number of ether oxygens (including phenoxy) is 1. The SMILES string of the molecule is CN1CCCCCCCC[C@H](CC(=O)NOC2CCCCO2)C(=O)N[C@@H](Cc2csc3ccccc23)C1=O. The standard InChI is InChI=1S/C29H41N3O5S/c1-32-16-10-5-3-2-4-6-12-21(19-26(33)31-37-27-15-9-11-17-36-27)28(34)30-24(29(32)35)18-22-20-38-25-14-8-7-13-23(22)25/h7-8,13-14,20-21,24,27H,2-6,9-12,15-19H2,1H3,(H,30,34)(H,31,33)/t21-,24+,27?/m1/s1. The molecule has 0 saturated carbocycles. The molecule has 3 amide bonds. The van der Waals surface area contributed by atoms with Crippen molar-refractivity contribution < 1.29 is 24.0 Å². The van der Waals surface area contributed by atoms with E-state index in [4.69, 9.17) is 9.57 Å². The summed E-state index contributed by atoms with van der Waals surface area (Å²) in [6, 6.07) is 7.44. The molecule has 8 nitrogen and oxygen atoms in total. The summed E-state index contributed by atoms with van der Waals surface area (Å²) >= 11 is 1.64. The zero-order valence-electron chi connectivity index (χ0n) is 22.4.